The van der Waals surface area contributed by atoms with Crippen LogP contribution in [0.15, 0.2) is 29.2 Å². The van der Waals surface area contributed by atoms with Gasteiger partial charge in [0.1, 0.15) is 0 Å². The minimum absolute atomic E-state index is 0.0399. The highest BCUT2D eigenvalue weighted by atomic mass is 32.2. The van der Waals surface area contributed by atoms with E-state index in [-0.39, 0.29) is 22.5 Å². The number of ketones is 1. The van der Waals surface area contributed by atoms with Crippen molar-refractivity contribution in [2.24, 2.45) is 17.8 Å². The fourth-order valence-corrected chi connectivity index (χ4v) is 6.63. The minimum Gasteiger partial charge on any atom is -0.356 e. The summed E-state index contributed by atoms with van der Waals surface area (Å²) in [5, 5.41) is 3.05. The number of nitrogens with one attached hydrogen (secondary N) is 1. The number of piperidine rings is 2. The number of carbonyl (C=O) groups is 2. The van der Waals surface area contributed by atoms with Crippen molar-refractivity contribution in [3.63, 3.8) is 0 Å². The van der Waals surface area contributed by atoms with Gasteiger partial charge in [-0.15, -0.1) is 0 Å². The summed E-state index contributed by atoms with van der Waals surface area (Å²) in [7, 11) is -3.61. The molecule has 2 aliphatic rings. The molecule has 184 valence electrons. The second-order valence-electron chi connectivity index (χ2n) is 9.96. The number of hydrogen-bond donors (Lipinski definition) is 1. The van der Waals surface area contributed by atoms with Crippen LogP contribution >= 0.6 is 0 Å². The Kier molecular flexibility index (Phi) is 9.07. The molecule has 2 fully saturated rings. The molecule has 2 unspecified atom stereocenters. The fraction of sp³-hybridized carbons (Fsp3) is 0.680. The molecule has 7 nitrogen and oxygen atoms in total. The fourth-order valence-electron chi connectivity index (χ4n) is 5.16. The van der Waals surface area contributed by atoms with Crippen LogP contribution in [0.1, 0.15) is 63.2 Å². The van der Waals surface area contributed by atoms with Gasteiger partial charge in [0, 0.05) is 44.2 Å². The summed E-state index contributed by atoms with van der Waals surface area (Å²) in [5.74, 6) is 1.34. The van der Waals surface area contributed by atoms with Crippen LogP contribution in [0.3, 0.4) is 0 Å². The molecule has 1 N–H and O–H groups in total. The molecule has 0 saturated carbocycles. The van der Waals surface area contributed by atoms with Crippen molar-refractivity contribution < 1.29 is 18.0 Å². The number of nitrogens with zero attached hydrogens (tertiary/aromatic N) is 2. The van der Waals surface area contributed by atoms with Crippen LogP contribution in [-0.4, -0.2) is 68.6 Å². The van der Waals surface area contributed by atoms with Gasteiger partial charge >= 0.3 is 0 Å². The minimum atomic E-state index is -3.61. The zero-order valence-electron chi connectivity index (χ0n) is 20.3. The Hall–Kier alpha value is -1.77. The van der Waals surface area contributed by atoms with E-state index in [9.17, 15) is 18.0 Å². The van der Waals surface area contributed by atoms with Crippen molar-refractivity contribution in [2.75, 3.05) is 39.3 Å². The first-order chi connectivity index (χ1) is 15.7. The first kappa shape index (κ1) is 25.8. The Bertz CT molecular complexity index is 898. The number of sulfonamides is 1. The summed E-state index contributed by atoms with van der Waals surface area (Å²) in [6.45, 7) is 10.9. The highest BCUT2D eigenvalue weighted by molar-refractivity contribution is 7.89. The number of benzene rings is 1. The topological polar surface area (TPSA) is 86.8 Å². The molecule has 33 heavy (non-hydrogen) atoms. The normalized spacial score (nSPS) is 23.4. The number of likely N-dealkylation sites (tertiary alicyclic amines) is 1. The van der Waals surface area contributed by atoms with Gasteiger partial charge in [0.25, 0.3) is 0 Å². The van der Waals surface area contributed by atoms with E-state index in [1.54, 1.807) is 12.1 Å². The molecule has 0 spiro atoms. The van der Waals surface area contributed by atoms with Gasteiger partial charge in [-0.1, -0.05) is 26.0 Å². The molecule has 1 aromatic carbocycles. The maximum absolute atomic E-state index is 12.9. The van der Waals surface area contributed by atoms with Crippen molar-refractivity contribution in [1.29, 1.82) is 0 Å². The molecule has 0 aliphatic carbocycles. The maximum Gasteiger partial charge on any atom is 0.243 e. The Morgan fingerprint density at radius 2 is 1.61 bits per heavy atom. The van der Waals surface area contributed by atoms with Crippen LogP contribution in [0, 0.1) is 17.8 Å². The summed E-state index contributed by atoms with van der Waals surface area (Å²) < 4.78 is 27.2. The van der Waals surface area contributed by atoms with Crippen LogP contribution in [0.4, 0.5) is 0 Å². The van der Waals surface area contributed by atoms with Crippen LogP contribution in [0.5, 0.6) is 0 Å². The van der Waals surface area contributed by atoms with E-state index in [0.717, 1.165) is 31.2 Å². The van der Waals surface area contributed by atoms with Gasteiger partial charge in [0.05, 0.1) is 4.90 Å². The third-order valence-corrected chi connectivity index (χ3v) is 8.78. The molecule has 2 saturated heterocycles. The van der Waals surface area contributed by atoms with Crippen molar-refractivity contribution in [1.82, 2.24) is 14.5 Å². The molecule has 8 heteroatoms. The van der Waals surface area contributed by atoms with Crippen LogP contribution < -0.4 is 5.32 Å². The van der Waals surface area contributed by atoms with Gasteiger partial charge in [0.15, 0.2) is 5.78 Å². The van der Waals surface area contributed by atoms with E-state index >= 15 is 0 Å². The highest BCUT2D eigenvalue weighted by Gasteiger charge is 2.32. The maximum atomic E-state index is 12.9. The number of unbranched alkanes of at least 4 members (excludes halogenated alkanes) is 1. The molecule has 0 radical (unpaired) electrons. The number of Topliss-reactive ketones (excluding diaryl/α,β-unsaturated/α-hetero) is 1. The van der Waals surface area contributed by atoms with Gasteiger partial charge in [-0.3, -0.25) is 9.59 Å². The number of rotatable bonds is 9. The van der Waals surface area contributed by atoms with Gasteiger partial charge < -0.3 is 10.2 Å². The highest BCUT2D eigenvalue weighted by Crippen LogP contribution is 2.24. The first-order valence-corrected chi connectivity index (χ1v) is 13.7. The average molecular weight is 478 g/mol. The van der Waals surface area contributed by atoms with Crippen molar-refractivity contribution in [2.45, 2.75) is 57.8 Å². The molecule has 1 aromatic rings. The molecule has 0 aromatic heterocycles. The summed E-state index contributed by atoms with van der Waals surface area (Å²) in [4.78, 5) is 26.7. The first-order valence-electron chi connectivity index (χ1n) is 12.3. The predicted octanol–water partition coefficient (Wildman–Crippen LogP) is 3.16. The predicted molar refractivity (Wildman–Crippen MR) is 130 cm³/mol. The standard InChI is InChI=1S/C25H39N3O4S/c1-19-16-20(2)18-27(17-19)13-5-4-12-26-25(30)23-10-14-28(15-11-23)33(31,32)24-8-6-22(7-9-24)21(3)29/h6-9,19-20,23H,4-5,10-18H2,1-3H3,(H,26,30). The summed E-state index contributed by atoms with van der Waals surface area (Å²) >= 11 is 0. The Balaban J connectivity index is 1.37. The molecule has 3 rings (SSSR count). The van der Waals surface area contributed by atoms with Crippen molar-refractivity contribution in [3.05, 3.63) is 29.8 Å². The van der Waals surface area contributed by atoms with E-state index in [4.69, 9.17) is 0 Å². The zero-order valence-corrected chi connectivity index (χ0v) is 21.1. The monoisotopic (exact) mass is 477 g/mol. The average Bonchev–Trinajstić information content (AvgIpc) is 2.78. The Labute approximate surface area is 199 Å². The second-order valence-corrected chi connectivity index (χ2v) is 11.9. The number of amides is 1. The third-order valence-electron chi connectivity index (χ3n) is 6.87. The van der Waals surface area contributed by atoms with Crippen LogP contribution in [-0.2, 0) is 14.8 Å². The lowest BCUT2D eigenvalue weighted by atomic mass is 9.92. The second kappa shape index (κ2) is 11.6. The molecule has 0 bridgehead atoms. The number of hydrogen-bond acceptors (Lipinski definition) is 5. The molecule has 2 heterocycles. The molecular weight excluding hydrogens is 438 g/mol. The quantitative estimate of drug-likeness (QED) is 0.436. The molecule has 2 atom stereocenters. The van der Waals surface area contributed by atoms with Crippen LogP contribution in [0.25, 0.3) is 0 Å². The van der Waals surface area contributed by atoms with Gasteiger partial charge in [-0.25, -0.2) is 8.42 Å². The van der Waals surface area contributed by atoms with E-state index in [1.165, 1.54) is 42.9 Å². The zero-order chi connectivity index (χ0) is 24.0. The van der Waals surface area contributed by atoms with Crippen molar-refractivity contribution in [3.8, 4) is 0 Å². The summed E-state index contributed by atoms with van der Waals surface area (Å²) in [5.41, 5.74) is 0.490. The lowest BCUT2D eigenvalue weighted by Crippen LogP contribution is -2.43. The lowest BCUT2D eigenvalue weighted by Gasteiger charge is -2.35. The smallest absolute Gasteiger partial charge is 0.243 e. The Morgan fingerprint density at radius 1 is 1.00 bits per heavy atom. The van der Waals surface area contributed by atoms with Gasteiger partial charge in [0.2, 0.25) is 15.9 Å². The van der Waals surface area contributed by atoms with Crippen molar-refractivity contribution >= 4 is 21.7 Å². The number of carbonyl (C=O) groups excluding carboxylic acids is 2. The molecule has 1 amide bonds. The van der Waals surface area contributed by atoms with E-state index in [0.29, 0.717) is 38.0 Å². The lowest BCUT2D eigenvalue weighted by molar-refractivity contribution is -0.126. The van der Waals surface area contributed by atoms with E-state index < -0.39 is 10.0 Å². The van der Waals surface area contributed by atoms with Gasteiger partial charge in [-0.05, 0) is 69.5 Å². The molecular formula is C25H39N3O4S. The summed E-state index contributed by atoms with van der Waals surface area (Å²) in [6, 6.07) is 6.05. The summed E-state index contributed by atoms with van der Waals surface area (Å²) in [6.07, 6.45) is 4.42. The van der Waals surface area contributed by atoms with Crippen LogP contribution in [0.2, 0.25) is 0 Å². The molecule has 2 aliphatic heterocycles. The van der Waals surface area contributed by atoms with E-state index in [1.807, 2.05) is 0 Å². The van der Waals surface area contributed by atoms with Gasteiger partial charge in [-0.2, -0.15) is 4.31 Å². The SMILES string of the molecule is CC(=O)c1ccc(S(=O)(=O)N2CCC(C(=O)NCCCCN3CC(C)CC(C)C3)CC2)cc1. The third kappa shape index (κ3) is 7.11. The Morgan fingerprint density at radius 3 is 2.18 bits per heavy atom. The van der Waals surface area contributed by atoms with E-state index in [2.05, 4.69) is 24.1 Å². The largest absolute Gasteiger partial charge is 0.356 e.